The van der Waals surface area contributed by atoms with Crippen LogP contribution in [0.25, 0.3) is 20.4 Å². The fourth-order valence-corrected chi connectivity index (χ4v) is 5.48. The van der Waals surface area contributed by atoms with E-state index in [-0.39, 0.29) is 0 Å². The van der Waals surface area contributed by atoms with Crippen molar-refractivity contribution in [3.8, 4) is 0 Å². The molecule has 0 aliphatic carbocycles. The molecule has 0 N–H and O–H groups in total. The molecule has 0 atom stereocenters. The third-order valence-electron chi connectivity index (χ3n) is 5.52. The highest BCUT2D eigenvalue weighted by molar-refractivity contribution is 7.26. The van der Waals surface area contributed by atoms with Gasteiger partial charge in [0, 0.05) is 48.8 Å². The zero-order chi connectivity index (χ0) is 20.0. The zero-order valence-corrected chi connectivity index (χ0v) is 18.1. The van der Waals surface area contributed by atoms with Crippen molar-refractivity contribution in [2.24, 2.45) is 0 Å². The highest BCUT2D eigenvalue weighted by Crippen LogP contribution is 2.38. The number of hydrogen-bond donors (Lipinski definition) is 0. The van der Waals surface area contributed by atoms with Crippen molar-refractivity contribution >= 4 is 49.2 Å². The minimum Gasteiger partial charge on any atom is -0.353 e. The van der Waals surface area contributed by atoms with Crippen LogP contribution < -0.4 is 4.90 Å². The van der Waals surface area contributed by atoms with Crippen molar-refractivity contribution in [2.75, 3.05) is 31.1 Å². The molecule has 4 aromatic rings. The topological polar surface area (TPSA) is 45.2 Å². The van der Waals surface area contributed by atoms with Crippen LogP contribution in [0.4, 0.5) is 5.82 Å². The van der Waals surface area contributed by atoms with Crippen LogP contribution in [0, 0.1) is 13.8 Å². The summed E-state index contributed by atoms with van der Waals surface area (Å²) < 4.78 is 1.15. The number of fused-ring (bicyclic) bond motifs is 3. The Labute approximate surface area is 179 Å². The van der Waals surface area contributed by atoms with Gasteiger partial charge < -0.3 is 4.90 Å². The molecule has 7 heteroatoms. The van der Waals surface area contributed by atoms with Gasteiger partial charge in [-0.15, -0.1) is 11.3 Å². The molecule has 0 saturated carbocycles. The van der Waals surface area contributed by atoms with Crippen LogP contribution >= 0.6 is 22.9 Å². The van der Waals surface area contributed by atoms with Crippen molar-refractivity contribution in [3.63, 3.8) is 0 Å². The number of piperazine rings is 1. The van der Waals surface area contributed by atoms with E-state index in [0.717, 1.165) is 64.3 Å². The molecular formula is C22H22ClN5S. The average molecular weight is 424 g/mol. The molecule has 1 saturated heterocycles. The molecular weight excluding hydrogens is 402 g/mol. The lowest BCUT2D eigenvalue weighted by atomic mass is 10.1. The summed E-state index contributed by atoms with van der Waals surface area (Å²) in [7, 11) is 0. The molecule has 0 amide bonds. The van der Waals surface area contributed by atoms with E-state index in [9.17, 15) is 0 Å². The van der Waals surface area contributed by atoms with E-state index in [1.165, 1.54) is 16.5 Å². The van der Waals surface area contributed by atoms with Gasteiger partial charge in [-0.3, -0.25) is 4.90 Å². The van der Waals surface area contributed by atoms with Gasteiger partial charge in [0.15, 0.2) is 0 Å². The Bertz CT molecular complexity index is 1180. The van der Waals surface area contributed by atoms with Crippen LogP contribution in [0.1, 0.15) is 16.8 Å². The van der Waals surface area contributed by atoms with Crippen LogP contribution in [0.3, 0.4) is 0 Å². The van der Waals surface area contributed by atoms with E-state index in [1.807, 2.05) is 19.1 Å². The highest BCUT2D eigenvalue weighted by atomic mass is 35.5. The first-order valence-corrected chi connectivity index (χ1v) is 11.0. The molecule has 1 aromatic carbocycles. The Morgan fingerprint density at radius 1 is 1.03 bits per heavy atom. The number of rotatable bonds is 3. The number of anilines is 1. The summed E-state index contributed by atoms with van der Waals surface area (Å²) in [5.41, 5.74) is 4.61. The second-order valence-electron chi connectivity index (χ2n) is 7.63. The van der Waals surface area contributed by atoms with Crippen LogP contribution in [0.15, 0.2) is 36.7 Å². The van der Waals surface area contributed by atoms with Crippen LogP contribution in [0.2, 0.25) is 5.02 Å². The van der Waals surface area contributed by atoms with Gasteiger partial charge in [0.05, 0.1) is 10.2 Å². The third kappa shape index (κ3) is 3.56. The Balaban J connectivity index is 1.39. The molecule has 0 radical (unpaired) electrons. The average Bonchev–Trinajstić information content (AvgIpc) is 3.09. The monoisotopic (exact) mass is 423 g/mol. The summed E-state index contributed by atoms with van der Waals surface area (Å²) in [5.74, 6) is 1.04. The maximum Gasteiger partial charge on any atom is 0.150 e. The third-order valence-corrected chi connectivity index (χ3v) is 6.84. The van der Waals surface area contributed by atoms with Gasteiger partial charge in [0.1, 0.15) is 17.0 Å². The quantitative estimate of drug-likeness (QED) is 0.472. The molecule has 0 spiro atoms. The number of thiophene rings is 1. The first kappa shape index (κ1) is 18.7. The summed E-state index contributed by atoms with van der Waals surface area (Å²) in [6.45, 7) is 9.07. The van der Waals surface area contributed by atoms with E-state index in [4.69, 9.17) is 16.6 Å². The van der Waals surface area contributed by atoms with Gasteiger partial charge in [-0.2, -0.15) is 0 Å². The lowest BCUT2D eigenvalue weighted by Crippen LogP contribution is -2.46. The van der Waals surface area contributed by atoms with E-state index in [2.05, 4.69) is 44.9 Å². The molecule has 4 heterocycles. The van der Waals surface area contributed by atoms with Crippen molar-refractivity contribution in [1.29, 1.82) is 0 Å². The van der Waals surface area contributed by atoms with E-state index in [0.29, 0.717) is 0 Å². The largest absolute Gasteiger partial charge is 0.353 e. The Kier molecular flexibility index (Phi) is 4.86. The number of nitrogens with zero attached hydrogens (tertiary/aromatic N) is 5. The molecule has 29 heavy (non-hydrogen) atoms. The summed E-state index contributed by atoms with van der Waals surface area (Å²) in [4.78, 5) is 19.9. The smallest absolute Gasteiger partial charge is 0.150 e. The summed E-state index contributed by atoms with van der Waals surface area (Å²) in [5, 5.41) is 1.95. The Hall–Kier alpha value is -2.28. The number of aryl methyl sites for hydroxylation is 2. The highest BCUT2D eigenvalue weighted by Gasteiger charge is 2.22. The Morgan fingerprint density at radius 2 is 1.79 bits per heavy atom. The maximum atomic E-state index is 6.00. The lowest BCUT2D eigenvalue weighted by Gasteiger charge is -2.35. The minimum absolute atomic E-state index is 0.787. The first-order valence-electron chi connectivity index (χ1n) is 9.82. The SMILES string of the molecule is Cc1cc(C)c2c(n1)sc1c(N3CCN(Cc4ccc(Cl)cc4)CC3)ncnc12. The van der Waals surface area contributed by atoms with Gasteiger partial charge in [-0.25, -0.2) is 15.0 Å². The van der Waals surface area contributed by atoms with Crippen LogP contribution in [-0.4, -0.2) is 46.0 Å². The predicted molar refractivity (Wildman–Crippen MR) is 121 cm³/mol. The van der Waals surface area contributed by atoms with E-state index in [1.54, 1.807) is 17.7 Å². The van der Waals surface area contributed by atoms with Gasteiger partial charge in [0.2, 0.25) is 0 Å². The number of benzene rings is 1. The number of pyridine rings is 1. The van der Waals surface area contributed by atoms with Gasteiger partial charge in [-0.1, -0.05) is 23.7 Å². The summed E-state index contributed by atoms with van der Waals surface area (Å²) in [6, 6.07) is 10.3. The second-order valence-corrected chi connectivity index (χ2v) is 9.06. The predicted octanol–water partition coefficient (Wildman–Crippen LogP) is 4.83. The second kappa shape index (κ2) is 7.52. The van der Waals surface area contributed by atoms with E-state index < -0.39 is 0 Å². The van der Waals surface area contributed by atoms with Crippen LogP contribution in [0.5, 0.6) is 0 Å². The van der Waals surface area contributed by atoms with Crippen molar-refractivity contribution in [1.82, 2.24) is 19.9 Å². The number of aromatic nitrogens is 3. The standard InChI is InChI=1S/C22H22ClN5S/c1-14-11-15(2)26-22-18(14)19-20(29-22)21(25-13-24-19)28-9-7-27(8-10-28)12-16-3-5-17(23)6-4-16/h3-6,11,13H,7-10,12H2,1-2H3. The van der Waals surface area contributed by atoms with Gasteiger partial charge >= 0.3 is 0 Å². The molecule has 5 rings (SSSR count). The number of hydrogen-bond acceptors (Lipinski definition) is 6. The molecule has 0 bridgehead atoms. The molecule has 1 aliphatic rings. The van der Waals surface area contributed by atoms with Crippen molar-refractivity contribution in [3.05, 3.63) is 58.5 Å². The normalized spacial score (nSPS) is 15.5. The maximum absolute atomic E-state index is 6.00. The lowest BCUT2D eigenvalue weighted by molar-refractivity contribution is 0.249. The fraction of sp³-hybridized carbons (Fsp3) is 0.318. The molecule has 148 valence electrons. The fourth-order valence-electron chi connectivity index (χ4n) is 4.09. The van der Waals surface area contributed by atoms with Crippen LogP contribution in [-0.2, 0) is 6.54 Å². The molecule has 5 nitrogen and oxygen atoms in total. The van der Waals surface area contributed by atoms with Crippen molar-refractivity contribution < 1.29 is 0 Å². The molecule has 1 fully saturated rings. The number of halogens is 1. The molecule has 1 aliphatic heterocycles. The van der Waals surface area contributed by atoms with E-state index >= 15 is 0 Å². The van der Waals surface area contributed by atoms with Gasteiger partial charge in [0.25, 0.3) is 0 Å². The molecule has 3 aromatic heterocycles. The zero-order valence-electron chi connectivity index (χ0n) is 16.5. The first-order chi connectivity index (χ1) is 14.1. The Morgan fingerprint density at radius 3 is 2.55 bits per heavy atom. The summed E-state index contributed by atoms with van der Waals surface area (Å²) >= 11 is 7.71. The van der Waals surface area contributed by atoms with Gasteiger partial charge in [-0.05, 0) is 43.2 Å². The minimum atomic E-state index is 0.787. The van der Waals surface area contributed by atoms with Crippen molar-refractivity contribution in [2.45, 2.75) is 20.4 Å². The molecule has 0 unspecified atom stereocenters. The summed E-state index contributed by atoms with van der Waals surface area (Å²) in [6.07, 6.45) is 1.70.